The largest absolute Gasteiger partial charge is 0.462 e. The molecule has 0 aromatic rings. The lowest BCUT2D eigenvalue weighted by Crippen LogP contribution is -2.37. The van der Waals surface area contributed by atoms with E-state index >= 15 is 0 Å². The molecule has 86 valence electrons. The molecule has 2 aliphatic heterocycles. The van der Waals surface area contributed by atoms with Crippen molar-refractivity contribution in [2.75, 3.05) is 19.8 Å². The second-order valence-electron chi connectivity index (χ2n) is 4.46. The summed E-state index contributed by atoms with van der Waals surface area (Å²) in [7, 11) is 0. The van der Waals surface area contributed by atoms with Crippen LogP contribution >= 0.6 is 0 Å². The van der Waals surface area contributed by atoms with Gasteiger partial charge in [0.1, 0.15) is 12.6 Å². The molecule has 2 saturated heterocycles. The Balaban J connectivity index is 1.71. The zero-order valence-corrected chi connectivity index (χ0v) is 9.20. The number of hydrogen-bond donors (Lipinski definition) is 1. The van der Waals surface area contributed by atoms with Crippen LogP contribution in [-0.2, 0) is 14.3 Å². The summed E-state index contributed by atoms with van der Waals surface area (Å²) in [6.07, 6.45) is 3.28. The van der Waals surface area contributed by atoms with Crippen LogP contribution in [0.15, 0.2) is 0 Å². The fourth-order valence-corrected chi connectivity index (χ4v) is 2.19. The van der Waals surface area contributed by atoms with Crippen molar-refractivity contribution in [2.45, 2.75) is 38.3 Å². The monoisotopic (exact) mass is 213 g/mol. The highest BCUT2D eigenvalue weighted by molar-refractivity contribution is 5.76. The number of nitrogens with one attached hydrogen (secondary N) is 1. The molecule has 4 heteroatoms. The molecule has 4 nitrogen and oxygen atoms in total. The standard InChI is InChI=1S/C11H19NO3/c1-8-4-5-12-10(8)11(13)15-7-9-3-2-6-14-9/h8-10,12H,2-7H2,1H3. The van der Waals surface area contributed by atoms with Crippen molar-refractivity contribution in [3.05, 3.63) is 0 Å². The molecule has 0 aromatic heterocycles. The maximum atomic E-state index is 11.7. The molecule has 1 N–H and O–H groups in total. The smallest absolute Gasteiger partial charge is 0.323 e. The normalized spacial score (nSPS) is 35.7. The van der Waals surface area contributed by atoms with Crippen LogP contribution in [0.3, 0.4) is 0 Å². The summed E-state index contributed by atoms with van der Waals surface area (Å²) < 4.78 is 10.6. The van der Waals surface area contributed by atoms with Crippen LogP contribution in [-0.4, -0.2) is 37.9 Å². The third-order valence-electron chi connectivity index (χ3n) is 3.22. The summed E-state index contributed by atoms with van der Waals surface area (Å²) in [5.41, 5.74) is 0. The van der Waals surface area contributed by atoms with Gasteiger partial charge >= 0.3 is 5.97 Å². The molecule has 0 bridgehead atoms. The van der Waals surface area contributed by atoms with Gasteiger partial charge in [0.25, 0.3) is 0 Å². The molecule has 2 fully saturated rings. The van der Waals surface area contributed by atoms with Crippen molar-refractivity contribution in [3.63, 3.8) is 0 Å². The van der Waals surface area contributed by atoms with E-state index in [-0.39, 0.29) is 18.1 Å². The molecule has 0 saturated carbocycles. The molecule has 15 heavy (non-hydrogen) atoms. The first-order chi connectivity index (χ1) is 7.27. The van der Waals surface area contributed by atoms with Crippen LogP contribution in [0.4, 0.5) is 0 Å². The topological polar surface area (TPSA) is 47.6 Å². The number of rotatable bonds is 3. The van der Waals surface area contributed by atoms with Gasteiger partial charge in [-0.15, -0.1) is 0 Å². The molecule has 0 aliphatic carbocycles. The van der Waals surface area contributed by atoms with Crippen molar-refractivity contribution in [3.8, 4) is 0 Å². The SMILES string of the molecule is CC1CCNC1C(=O)OCC1CCCO1. The van der Waals surface area contributed by atoms with E-state index in [1.165, 1.54) is 0 Å². The average molecular weight is 213 g/mol. The van der Waals surface area contributed by atoms with Gasteiger partial charge in [0, 0.05) is 6.61 Å². The number of hydrogen-bond acceptors (Lipinski definition) is 4. The van der Waals surface area contributed by atoms with E-state index in [1.54, 1.807) is 0 Å². The third-order valence-corrected chi connectivity index (χ3v) is 3.22. The van der Waals surface area contributed by atoms with E-state index in [9.17, 15) is 4.79 Å². The Hall–Kier alpha value is -0.610. The Labute approximate surface area is 90.3 Å². The zero-order valence-electron chi connectivity index (χ0n) is 9.20. The molecule has 2 aliphatic rings. The number of carbonyl (C=O) groups is 1. The van der Waals surface area contributed by atoms with Gasteiger partial charge in [-0.1, -0.05) is 6.92 Å². The van der Waals surface area contributed by atoms with Gasteiger partial charge < -0.3 is 14.8 Å². The third kappa shape index (κ3) is 2.69. The molecule has 2 rings (SSSR count). The Morgan fingerprint density at radius 2 is 2.40 bits per heavy atom. The van der Waals surface area contributed by atoms with Crippen molar-refractivity contribution >= 4 is 5.97 Å². The summed E-state index contributed by atoms with van der Waals surface area (Å²) in [5.74, 6) is 0.275. The van der Waals surface area contributed by atoms with Crippen molar-refractivity contribution in [2.24, 2.45) is 5.92 Å². The van der Waals surface area contributed by atoms with Gasteiger partial charge in [0.2, 0.25) is 0 Å². The van der Waals surface area contributed by atoms with Gasteiger partial charge in [-0.05, 0) is 31.7 Å². The maximum Gasteiger partial charge on any atom is 0.323 e. The van der Waals surface area contributed by atoms with Crippen molar-refractivity contribution < 1.29 is 14.3 Å². The van der Waals surface area contributed by atoms with Crippen LogP contribution in [0.2, 0.25) is 0 Å². The lowest BCUT2D eigenvalue weighted by molar-refractivity contribution is -0.149. The first kappa shape index (κ1) is 10.9. The Morgan fingerprint density at radius 1 is 1.53 bits per heavy atom. The minimum absolute atomic E-state index is 0.105. The van der Waals surface area contributed by atoms with E-state index in [0.29, 0.717) is 12.5 Å². The predicted octanol–water partition coefficient (Wildman–Crippen LogP) is 0.707. The highest BCUT2D eigenvalue weighted by Gasteiger charge is 2.31. The van der Waals surface area contributed by atoms with E-state index in [4.69, 9.17) is 9.47 Å². The summed E-state index contributed by atoms with van der Waals surface area (Å²) in [5, 5.41) is 3.17. The second-order valence-corrected chi connectivity index (χ2v) is 4.46. The lowest BCUT2D eigenvalue weighted by Gasteiger charge is -2.16. The molecule has 0 radical (unpaired) electrons. The van der Waals surface area contributed by atoms with E-state index < -0.39 is 0 Å². The summed E-state index contributed by atoms with van der Waals surface area (Å²) in [6, 6.07) is -0.105. The molecule has 2 heterocycles. The van der Waals surface area contributed by atoms with Gasteiger partial charge in [-0.2, -0.15) is 0 Å². The highest BCUT2D eigenvalue weighted by atomic mass is 16.6. The van der Waals surface area contributed by atoms with Crippen molar-refractivity contribution in [1.82, 2.24) is 5.32 Å². The second kappa shape index (κ2) is 4.94. The number of esters is 1. The summed E-state index contributed by atoms with van der Waals surface area (Å²) in [6.45, 7) is 4.23. The van der Waals surface area contributed by atoms with E-state index in [0.717, 1.165) is 32.4 Å². The Morgan fingerprint density at radius 3 is 3.00 bits per heavy atom. The van der Waals surface area contributed by atoms with Crippen LogP contribution in [0, 0.1) is 5.92 Å². The van der Waals surface area contributed by atoms with Crippen LogP contribution < -0.4 is 5.32 Å². The number of ether oxygens (including phenoxy) is 2. The minimum Gasteiger partial charge on any atom is -0.462 e. The first-order valence-electron chi connectivity index (χ1n) is 5.79. The summed E-state index contributed by atoms with van der Waals surface area (Å²) in [4.78, 5) is 11.7. The molecule has 0 amide bonds. The average Bonchev–Trinajstić information content (AvgIpc) is 2.84. The van der Waals surface area contributed by atoms with Gasteiger partial charge in [0.05, 0.1) is 6.10 Å². The van der Waals surface area contributed by atoms with Gasteiger partial charge in [-0.25, -0.2) is 0 Å². The Bertz CT molecular complexity index is 226. The zero-order chi connectivity index (χ0) is 10.7. The Kier molecular flexibility index (Phi) is 3.59. The molecular formula is C11H19NO3. The van der Waals surface area contributed by atoms with Crippen LogP contribution in [0.1, 0.15) is 26.2 Å². The quantitative estimate of drug-likeness (QED) is 0.701. The first-order valence-corrected chi connectivity index (χ1v) is 5.79. The molecule has 0 aromatic carbocycles. The minimum atomic E-state index is -0.115. The maximum absolute atomic E-state index is 11.7. The highest BCUT2D eigenvalue weighted by Crippen LogP contribution is 2.17. The van der Waals surface area contributed by atoms with Gasteiger partial charge in [-0.3, -0.25) is 4.79 Å². The fourth-order valence-electron chi connectivity index (χ4n) is 2.19. The molecule has 0 spiro atoms. The van der Waals surface area contributed by atoms with E-state index in [2.05, 4.69) is 12.2 Å². The van der Waals surface area contributed by atoms with Crippen LogP contribution in [0.25, 0.3) is 0 Å². The van der Waals surface area contributed by atoms with Crippen LogP contribution in [0.5, 0.6) is 0 Å². The molecule has 3 atom stereocenters. The lowest BCUT2D eigenvalue weighted by atomic mass is 10.0. The summed E-state index contributed by atoms with van der Waals surface area (Å²) >= 11 is 0. The van der Waals surface area contributed by atoms with Gasteiger partial charge in [0.15, 0.2) is 0 Å². The molecule has 3 unspecified atom stereocenters. The van der Waals surface area contributed by atoms with Crippen molar-refractivity contribution in [1.29, 1.82) is 0 Å². The molecular weight excluding hydrogens is 194 g/mol. The fraction of sp³-hybridized carbons (Fsp3) is 0.909. The van der Waals surface area contributed by atoms with E-state index in [1.807, 2.05) is 0 Å². The number of carbonyl (C=O) groups excluding carboxylic acids is 1. The predicted molar refractivity (Wildman–Crippen MR) is 55.5 cm³/mol.